The molecule has 1 aromatic rings. The Hall–Kier alpha value is 0.1000. The first-order valence-electron chi connectivity index (χ1n) is 6.85. The number of aliphatic hydroxyl groups is 1. The molecular formula is C14H19Cl4NO2. The number of rotatable bonds is 5. The van der Waals surface area contributed by atoms with E-state index in [0.717, 1.165) is 13.1 Å². The fourth-order valence-electron chi connectivity index (χ4n) is 2.49. The molecule has 1 aliphatic heterocycles. The zero-order chi connectivity index (χ0) is 14.5. The number of hydrogen-bond acceptors (Lipinski definition) is 2. The van der Waals surface area contributed by atoms with Gasteiger partial charge in [0, 0.05) is 5.02 Å². The van der Waals surface area contributed by atoms with Crippen molar-refractivity contribution in [2.75, 3.05) is 26.2 Å². The van der Waals surface area contributed by atoms with Crippen molar-refractivity contribution < 1.29 is 27.2 Å². The van der Waals surface area contributed by atoms with Crippen LogP contribution in [0.1, 0.15) is 19.3 Å². The second-order valence-corrected chi connectivity index (χ2v) is 6.43. The van der Waals surface area contributed by atoms with Gasteiger partial charge in [0.05, 0.1) is 23.1 Å². The molecule has 1 aromatic carbocycles. The minimum Gasteiger partial charge on any atom is -1.00 e. The van der Waals surface area contributed by atoms with Crippen molar-refractivity contribution in [3.8, 4) is 5.75 Å². The molecule has 21 heavy (non-hydrogen) atoms. The van der Waals surface area contributed by atoms with E-state index in [0.29, 0.717) is 27.4 Å². The molecule has 0 saturated carbocycles. The molecule has 1 saturated heterocycles. The molecule has 0 aliphatic carbocycles. The summed E-state index contributed by atoms with van der Waals surface area (Å²) in [5.41, 5.74) is 0. The first-order valence-corrected chi connectivity index (χ1v) is 7.98. The Labute approximate surface area is 146 Å². The van der Waals surface area contributed by atoms with Gasteiger partial charge in [0.25, 0.3) is 0 Å². The van der Waals surface area contributed by atoms with Crippen LogP contribution in [0.15, 0.2) is 12.1 Å². The van der Waals surface area contributed by atoms with Crippen LogP contribution < -0.4 is 22.0 Å². The highest BCUT2D eigenvalue weighted by Crippen LogP contribution is 2.35. The Morgan fingerprint density at radius 2 is 1.67 bits per heavy atom. The molecule has 1 heterocycles. The van der Waals surface area contributed by atoms with Crippen LogP contribution in [-0.4, -0.2) is 37.5 Å². The summed E-state index contributed by atoms with van der Waals surface area (Å²) in [5.74, 6) is 0.380. The van der Waals surface area contributed by atoms with Crippen LogP contribution >= 0.6 is 34.8 Å². The average molecular weight is 375 g/mol. The Morgan fingerprint density at radius 3 is 2.24 bits per heavy atom. The molecule has 3 nitrogen and oxygen atoms in total. The second-order valence-electron chi connectivity index (χ2n) is 5.18. The van der Waals surface area contributed by atoms with E-state index in [1.54, 1.807) is 12.1 Å². The molecule has 0 bridgehead atoms. The number of halogens is 4. The van der Waals surface area contributed by atoms with E-state index < -0.39 is 6.10 Å². The SMILES string of the molecule is OC(COc1c(Cl)cc(Cl)cc1Cl)C[NH+]1CCCCC1.[Cl-]. The van der Waals surface area contributed by atoms with Gasteiger partial charge in [-0.05, 0) is 31.4 Å². The predicted octanol–water partition coefficient (Wildman–Crippen LogP) is -0.541. The Balaban J connectivity index is 0.00000220. The maximum Gasteiger partial charge on any atom is 0.156 e. The first kappa shape index (κ1) is 19.1. The lowest BCUT2D eigenvalue weighted by molar-refractivity contribution is -0.908. The lowest BCUT2D eigenvalue weighted by atomic mass is 10.1. The molecular weight excluding hydrogens is 356 g/mol. The van der Waals surface area contributed by atoms with Gasteiger partial charge in [-0.25, -0.2) is 0 Å². The monoisotopic (exact) mass is 373 g/mol. The van der Waals surface area contributed by atoms with Crippen molar-refractivity contribution in [2.24, 2.45) is 0 Å². The van der Waals surface area contributed by atoms with E-state index >= 15 is 0 Å². The quantitative estimate of drug-likeness (QED) is 0.725. The fourth-order valence-corrected chi connectivity index (χ4v) is 3.42. The van der Waals surface area contributed by atoms with Crippen LogP contribution in [0.3, 0.4) is 0 Å². The maximum absolute atomic E-state index is 10.0. The third-order valence-electron chi connectivity index (χ3n) is 3.47. The van der Waals surface area contributed by atoms with Gasteiger partial charge in [-0.3, -0.25) is 0 Å². The molecule has 1 unspecified atom stereocenters. The third-order valence-corrected chi connectivity index (χ3v) is 4.25. The van der Waals surface area contributed by atoms with E-state index in [4.69, 9.17) is 39.5 Å². The van der Waals surface area contributed by atoms with Crippen molar-refractivity contribution in [3.05, 3.63) is 27.2 Å². The summed E-state index contributed by atoms with van der Waals surface area (Å²) >= 11 is 17.9. The highest BCUT2D eigenvalue weighted by atomic mass is 35.5. The molecule has 2 rings (SSSR count). The summed E-state index contributed by atoms with van der Waals surface area (Å²) in [5, 5.41) is 11.2. The lowest BCUT2D eigenvalue weighted by Gasteiger charge is -2.25. The summed E-state index contributed by atoms with van der Waals surface area (Å²) in [4.78, 5) is 1.43. The van der Waals surface area contributed by atoms with Crippen molar-refractivity contribution in [1.82, 2.24) is 0 Å². The van der Waals surface area contributed by atoms with E-state index in [2.05, 4.69) is 0 Å². The molecule has 0 radical (unpaired) electrons. The van der Waals surface area contributed by atoms with Crippen LogP contribution in [0.4, 0.5) is 0 Å². The van der Waals surface area contributed by atoms with Gasteiger partial charge in [0.2, 0.25) is 0 Å². The largest absolute Gasteiger partial charge is 1.00 e. The molecule has 120 valence electrons. The van der Waals surface area contributed by atoms with Gasteiger partial charge in [-0.2, -0.15) is 0 Å². The molecule has 7 heteroatoms. The van der Waals surface area contributed by atoms with Crippen LogP contribution in [0, 0.1) is 0 Å². The Kier molecular flexibility index (Phi) is 8.47. The molecule has 0 aromatic heterocycles. The van der Waals surface area contributed by atoms with Crippen molar-refractivity contribution in [1.29, 1.82) is 0 Å². The van der Waals surface area contributed by atoms with Crippen molar-refractivity contribution in [2.45, 2.75) is 25.4 Å². The number of ether oxygens (including phenoxy) is 1. The van der Waals surface area contributed by atoms with Crippen LogP contribution in [-0.2, 0) is 0 Å². The van der Waals surface area contributed by atoms with Gasteiger partial charge in [0.1, 0.15) is 19.3 Å². The first-order chi connectivity index (χ1) is 9.56. The topological polar surface area (TPSA) is 33.9 Å². The van der Waals surface area contributed by atoms with E-state index in [-0.39, 0.29) is 19.0 Å². The Morgan fingerprint density at radius 1 is 1.10 bits per heavy atom. The van der Waals surface area contributed by atoms with Gasteiger partial charge < -0.3 is 27.2 Å². The molecule has 2 N–H and O–H groups in total. The van der Waals surface area contributed by atoms with Crippen LogP contribution in [0.25, 0.3) is 0 Å². The van der Waals surface area contributed by atoms with Crippen molar-refractivity contribution >= 4 is 34.8 Å². The molecule has 0 amide bonds. The van der Waals surface area contributed by atoms with Gasteiger partial charge in [-0.1, -0.05) is 34.8 Å². The number of aliphatic hydroxyl groups excluding tert-OH is 1. The molecule has 1 aliphatic rings. The number of quaternary nitrogens is 1. The zero-order valence-electron chi connectivity index (χ0n) is 11.5. The van der Waals surface area contributed by atoms with Gasteiger partial charge >= 0.3 is 0 Å². The summed E-state index contributed by atoms with van der Waals surface area (Å²) < 4.78 is 5.54. The van der Waals surface area contributed by atoms with Crippen molar-refractivity contribution in [3.63, 3.8) is 0 Å². The predicted molar refractivity (Wildman–Crippen MR) is 82.4 cm³/mol. The van der Waals surface area contributed by atoms with Crippen LogP contribution in [0.2, 0.25) is 15.1 Å². The summed E-state index contributed by atoms with van der Waals surface area (Å²) in [6.07, 6.45) is 3.24. The minimum atomic E-state index is -0.522. The summed E-state index contributed by atoms with van der Waals surface area (Å²) in [6, 6.07) is 3.15. The zero-order valence-corrected chi connectivity index (χ0v) is 14.6. The van der Waals surface area contributed by atoms with E-state index in [9.17, 15) is 5.11 Å². The van der Waals surface area contributed by atoms with Gasteiger partial charge in [-0.15, -0.1) is 0 Å². The molecule has 1 atom stereocenters. The number of benzene rings is 1. The van der Waals surface area contributed by atoms with Crippen LogP contribution in [0.5, 0.6) is 5.75 Å². The fraction of sp³-hybridized carbons (Fsp3) is 0.571. The minimum absolute atomic E-state index is 0. The number of piperidine rings is 1. The normalized spacial score (nSPS) is 17.1. The third kappa shape index (κ3) is 6.01. The lowest BCUT2D eigenvalue weighted by Crippen LogP contribution is -3.14. The standard InChI is InChI=1S/C14H18Cl3NO2.ClH/c15-10-6-12(16)14(13(17)7-10)20-9-11(19)8-18-4-2-1-3-5-18;/h6-7,11,19H,1-5,8-9H2;1H. The average Bonchev–Trinajstić information content (AvgIpc) is 2.38. The number of nitrogens with one attached hydrogen (secondary N) is 1. The van der Waals surface area contributed by atoms with E-state index in [1.165, 1.54) is 24.2 Å². The summed E-state index contributed by atoms with van der Waals surface area (Å²) in [6.45, 7) is 3.13. The Bertz CT molecular complexity index is 430. The van der Waals surface area contributed by atoms with E-state index in [1.807, 2.05) is 0 Å². The molecule has 1 fully saturated rings. The second kappa shape index (κ2) is 9.29. The smallest absolute Gasteiger partial charge is 0.156 e. The highest BCUT2D eigenvalue weighted by molar-refractivity contribution is 6.40. The highest BCUT2D eigenvalue weighted by Gasteiger charge is 2.19. The number of hydrogen-bond donors (Lipinski definition) is 2. The number of likely N-dealkylation sites (tertiary alicyclic amines) is 1. The molecule has 0 spiro atoms. The summed E-state index contributed by atoms with van der Waals surface area (Å²) in [7, 11) is 0. The maximum atomic E-state index is 10.0. The van der Waals surface area contributed by atoms with Gasteiger partial charge in [0.15, 0.2) is 5.75 Å².